The second-order valence-corrected chi connectivity index (χ2v) is 7.68. The van der Waals surface area contributed by atoms with Gasteiger partial charge in [-0.2, -0.15) is 5.10 Å². The third-order valence-corrected chi connectivity index (χ3v) is 5.83. The summed E-state index contributed by atoms with van der Waals surface area (Å²) in [6.07, 6.45) is 7.75. The van der Waals surface area contributed by atoms with Crippen molar-refractivity contribution >= 4 is 5.91 Å². The van der Waals surface area contributed by atoms with Crippen LogP contribution in [0.1, 0.15) is 68.6 Å². The summed E-state index contributed by atoms with van der Waals surface area (Å²) >= 11 is 0. The van der Waals surface area contributed by atoms with Crippen LogP contribution in [0.5, 0.6) is 0 Å². The molecular weight excluding hydrogens is 332 g/mol. The van der Waals surface area contributed by atoms with Crippen LogP contribution in [-0.2, 0) is 20.7 Å². The molecule has 0 spiro atoms. The highest BCUT2D eigenvalue weighted by Crippen LogP contribution is 2.27. The number of carbonyl (C=O) groups is 1. The SMILES string of the molecule is O=C1CCCCCN1CCc1nc(C2CCOCC2)nn1C1CCOC1. The van der Waals surface area contributed by atoms with Crippen molar-refractivity contribution in [2.75, 3.05) is 39.5 Å². The Hall–Kier alpha value is -1.47. The Bertz CT molecular complexity index is 606. The van der Waals surface area contributed by atoms with Crippen molar-refractivity contribution in [2.24, 2.45) is 0 Å². The van der Waals surface area contributed by atoms with Gasteiger partial charge in [-0.25, -0.2) is 9.67 Å². The van der Waals surface area contributed by atoms with Crippen LogP contribution in [0, 0.1) is 0 Å². The van der Waals surface area contributed by atoms with Crippen molar-refractivity contribution in [3.8, 4) is 0 Å². The summed E-state index contributed by atoms with van der Waals surface area (Å²) in [4.78, 5) is 19.2. The molecule has 4 rings (SSSR count). The van der Waals surface area contributed by atoms with Crippen LogP contribution in [0.2, 0.25) is 0 Å². The Morgan fingerprint density at radius 1 is 1.04 bits per heavy atom. The third kappa shape index (κ3) is 4.09. The molecule has 7 nitrogen and oxygen atoms in total. The van der Waals surface area contributed by atoms with Gasteiger partial charge in [0, 0.05) is 51.7 Å². The fourth-order valence-electron chi connectivity index (χ4n) is 4.19. The van der Waals surface area contributed by atoms with Gasteiger partial charge in [0.25, 0.3) is 0 Å². The Kier molecular flexibility index (Phi) is 5.84. The van der Waals surface area contributed by atoms with E-state index in [9.17, 15) is 4.79 Å². The molecule has 144 valence electrons. The van der Waals surface area contributed by atoms with E-state index < -0.39 is 0 Å². The largest absolute Gasteiger partial charge is 0.381 e. The Labute approximate surface area is 155 Å². The van der Waals surface area contributed by atoms with Crippen LogP contribution in [0.4, 0.5) is 0 Å². The number of amides is 1. The van der Waals surface area contributed by atoms with E-state index in [1.807, 2.05) is 4.90 Å². The van der Waals surface area contributed by atoms with Gasteiger partial charge in [0.05, 0.1) is 12.6 Å². The standard InChI is InChI=1S/C19H30N4O3/c24-18-4-2-1-3-9-22(18)10-5-17-20-19(15-6-11-25-12-7-15)21-23(17)16-8-13-26-14-16/h15-16H,1-14H2. The lowest BCUT2D eigenvalue weighted by Crippen LogP contribution is -2.33. The molecule has 0 aliphatic carbocycles. The number of aromatic nitrogens is 3. The Morgan fingerprint density at radius 2 is 1.88 bits per heavy atom. The molecule has 1 aromatic rings. The second kappa shape index (κ2) is 8.48. The molecule has 7 heteroatoms. The molecule has 1 unspecified atom stereocenters. The molecule has 3 aliphatic rings. The van der Waals surface area contributed by atoms with Crippen LogP contribution >= 0.6 is 0 Å². The quantitative estimate of drug-likeness (QED) is 0.802. The number of likely N-dealkylation sites (tertiary alicyclic amines) is 1. The molecule has 0 N–H and O–H groups in total. The molecule has 3 fully saturated rings. The van der Waals surface area contributed by atoms with Gasteiger partial charge in [0.1, 0.15) is 5.82 Å². The fraction of sp³-hybridized carbons (Fsp3) is 0.842. The lowest BCUT2D eigenvalue weighted by atomic mass is 10.00. The summed E-state index contributed by atoms with van der Waals surface area (Å²) in [6, 6.07) is 0.283. The fourth-order valence-corrected chi connectivity index (χ4v) is 4.19. The molecule has 1 atom stereocenters. The highest BCUT2D eigenvalue weighted by atomic mass is 16.5. The van der Waals surface area contributed by atoms with Crippen LogP contribution in [0.15, 0.2) is 0 Å². The van der Waals surface area contributed by atoms with Gasteiger partial charge in [-0.1, -0.05) is 6.42 Å². The summed E-state index contributed by atoms with van der Waals surface area (Å²) in [5, 5.41) is 4.88. The molecule has 3 saturated heterocycles. The lowest BCUT2D eigenvalue weighted by Gasteiger charge is -2.20. The minimum atomic E-state index is 0.283. The highest BCUT2D eigenvalue weighted by Gasteiger charge is 2.27. The predicted octanol–water partition coefficient (Wildman–Crippen LogP) is 2.08. The van der Waals surface area contributed by atoms with Gasteiger partial charge in [-0.05, 0) is 32.1 Å². The van der Waals surface area contributed by atoms with Crippen LogP contribution in [-0.4, -0.2) is 65.1 Å². The van der Waals surface area contributed by atoms with Crippen LogP contribution < -0.4 is 0 Å². The summed E-state index contributed by atoms with van der Waals surface area (Å²) in [5.74, 6) is 2.66. The number of rotatable bonds is 5. The van der Waals surface area contributed by atoms with E-state index in [1.165, 1.54) is 0 Å². The summed E-state index contributed by atoms with van der Waals surface area (Å²) in [7, 11) is 0. The molecular formula is C19H30N4O3. The van der Waals surface area contributed by atoms with Gasteiger partial charge >= 0.3 is 0 Å². The van der Waals surface area contributed by atoms with E-state index in [4.69, 9.17) is 19.6 Å². The van der Waals surface area contributed by atoms with Gasteiger partial charge in [0.15, 0.2) is 5.82 Å². The minimum Gasteiger partial charge on any atom is -0.381 e. The number of nitrogens with zero attached hydrogens (tertiary/aromatic N) is 4. The number of ether oxygens (including phenoxy) is 2. The predicted molar refractivity (Wildman–Crippen MR) is 96.0 cm³/mol. The monoisotopic (exact) mass is 362 g/mol. The highest BCUT2D eigenvalue weighted by molar-refractivity contribution is 5.76. The van der Waals surface area contributed by atoms with Gasteiger partial charge in [-0.3, -0.25) is 4.79 Å². The number of carbonyl (C=O) groups excluding carboxylic acids is 1. The van der Waals surface area contributed by atoms with Crippen LogP contribution in [0.3, 0.4) is 0 Å². The first kappa shape index (κ1) is 17.9. The van der Waals surface area contributed by atoms with Crippen molar-refractivity contribution < 1.29 is 14.3 Å². The summed E-state index contributed by atoms with van der Waals surface area (Å²) in [5.41, 5.74) is 0. The van der Waals surface area contributed by atoms with Gasteiger partial charge < -0.3 is 14.4 Å². The molecule has 26 heavy (non-hydrogen) atoms. The third-order valence-electron chi connectivity index (χ3n) is 5.83. The van der Waals surface area contributed by atoms with E-state index in [0.29, 0.717) is 24.9 Å². The number of hydrogen-bond donors (Lipinski definition) is 0. The van der Waals surface area contributed by atoms with E-state index in [0.717, 1.165) is 89.5 Å². The van der Waals surface area contributed by atoms with E-state index in [1.54, 1.807) is 0 Å². The zero-order valence-corrected chi connectivity index (χ0v) is 15.6. The first-order chi connectivity index (χ1) is 12.8. The molecule has 1 aromatic heterocycles. The van der Waals surface area contributed by atoms with Crippen molar-refractivity contribution in [3.05, 3.63) is 11.6 Å². The Morgan fingerprint density at radius 3 is 2.69 bits per heavy atom. The maximum atomic E-state index is 12.3. The minimum absolute atomic E-state index is 0.283. The summed E-state index contributed by atoms with van der Waals surface area (Å²) < 4.78 is 13.2. The topological polar surface area (TPSA) is 69.5 Å². The molecule has 0 bridgehead atoms. The van der Waals surface area contributed by atoms with Crippen LogP contribution in [0.25, 0.3) is 0 Å². The maximum absolute atomic E-state index is 12.3. The van der Waals surface area contributed by atoms with Gasteiger partial charge in [-0.15, -0.1) is 0 Å². The van der Waals surface area contributed by atoms with E-state index in [2.05, 4.69) is 4.68 Å². The van der Waals surface area contributed by atoms with Crippen molar-refractivity contribution in [1.82, 2.24) is 19.7 Å². The van der Waals surface area contributed by atoms with Crippen molar-refractivity contribution in [1.29, 1.82) is 0 Å². The summed E-state index contributed by atoms with van der Waals surface area (Å²) in [6.45, 7) is 4.73. The van der Waals surface area contributed by atoms with Crippen molar-refractivity contribution in [2.45, 2.75) is 63.3 Å². The zero-order chi connectivity index (χ0) is 17.8. The molecule has 0 radical (unpaired) electrons. The smallest absolute Gasteiger partial charge is 0.222 e. The maximum Gasteiger partial charge on any atom is 0.222 e. The van der Waals surface area contributed by atoms with E-state index in [-0.39, 0.29) is 6.04 Å². The average Bonchev–Trinajstić information content (AvgIpc) is 3.29. The molecule has 0 saturated carbocycles. The number of hydrogen-bond acceptors (Lipinski definition) is 5. The van der Waals surface area contributed by atoms with Crippen molar-refractivity contribution in [3.63, 3.8) is 0 Å². The first-order valence-corrected chi connectivity index (χ1v) is 10.2. The zero-order valence-electron chi connectivity index (χ0n) is 15.6. The molecule has 3 aliphatic heterocycles. The Balaban J connectivity index is 1.49. The average molecular weight is 362 g/mol. The molecule has 0 aromatic carbocycles. The normalized spacial score (nSPS) is 25.6. The van der Waals surface area contributed by atoms with Gasteiger partial charge in [0.2, 0.25) is 5.91 Å². The first-order valence-electron chi connectivity index (χ1n) is 10.2. The molecule has 4 heterocycles. The molecule has 1 amide bonds. The second-order valence-electron chi connectivity index (χ2n) is 7.68. The van der Waals surface area contributed by atoms with E-state index >= 15 is 0 Å². The lowest BCUT2D eigenvalue weighted by molar-refractivity contribution is -0.130.